The Bertz CT molecular complexity index is 1010. The number of carboxylic acid groups (broad SMARTS) is 1. The van der Waals surface area contributed by atoms with Crippen molar-refractivity contribution in [1.82, 2.24) is 4.57 Å². The highest BCUT2D eigenvalue weighted by Gasteiger charge is 2.75. The van der Waals surface area contributed by atoms with Crippen molar-refractivity contribution in [2.24, 2.45) is 5.41 Å². The van der Waals surface area contributed by atoms with Gasteiger partial charge in [0.25, 0.3) is 0 Å². The summed E-state index contributed by atoms with van der Waals surface area (Å²) in [5.74, 6) is -0.160. The standard InChI is InChI=1S/C27H37NO4Si/c1-25(2,3)33(6,7)28-23(29)26(4,18-17-20-13-15-22(32-5)16-14-20)27(28,24(30)31)19-21-11-9-8-10-12-21/h8-16H,17-19H2,1-7H3,(H,30,31)/t26-,27+/m0/s1. The van der Waals surface area contributed by atoms with Gasteiger partial charge in [0.15, 0.2) is 13.8 Å². The SMILES string of the molecule is COc1ccc(CC[C@@]2(C)C(=O)N([Si](C)(C)C(C)(C)C)[C@]2(Cc2ccccc2)C(=O)O)cc1. The van der Waals surface area contributed by atoms with Crippen molar-refractivity contribution in [3.8, 4) is 5.75 Å². The molecule has 1 heterocycles. The van der Waals surface area contributed by atoms with Crippen LogP contribution in [0.15, 0.2) is 54.6 Å². The Balaban J connectivity index is 2.06. The fourth-order valence-corrected chi connectivity index (χ4v) is 7.73. The number of hydrogen-bond donors (Lipinski definition) is 1. The summed E-state index contributed by atoms with van der Waals surface area (Å²) in [6.07, 6.45) is 1.41. The van der Waals surface area contributed by atoms with Crippen LogP contribution < -0.4 is 4.74 Å². The van der Waals surface area contributed by atoms with Crippen LogP contribution in [0.1, 0.15) is 45.2 Å². The van der Waals surface area contributed by atoms with Crippen LogP contribution >= 0.6 is 0 Å². The molecule has 178 valence electrons. The number of methoxy groups -OCH3 is 1. The number of aryl methyl sites for hydroxylation is 1. The molecule has 0 radical (unpaired) electrons. The van der Waals surface area contributed by atoms with E-state index in [9.17, 15) is 14.7 Å². The molecule has 2 atom stereocenters. The van der Waals surface area contributed by atoms with Gasteiger partial charge in [-0.05, 0) is 48.1 Å². The van der Waals surface area contributed by atoms with Crippen molar-refractivity contribution in [1.29, 1.82) is 0 Å². The second kappa shape index (κ2) is 8.63. The van der Waals surface area contributed by atoms with Gasteiger partial charge < -0.3 is 14.4 Å². The van der Waals surface area contributed by atoms with Crippen LogP contribution in [0.5, 0.6) is 5.75 Å². The van der Waals surface area contributed by atoms with E-state index >= 15 is 0 Å². The number of amides is 1. The lowest BCUT2D eigenvalue weighted by atomic mass is 9.58. The Morgan fingerprint density at radius 3 is 2.09 bits per heavy atom. The predicted octanol–water partition coefficient (Wildman–Crippen LogP) is 5.55. The van der Waals surface area contributed by atoms with E-state index in [4.69, 9.17) is 4.74 Å². The summed E-state index contributed by atoms with van der Waals surface area (Å²) in [5, 5.41) is 10.6. The van der Waals surface area contributed by atoms with E-state index in [2.05, 4.69) is 33.9 Å². The average molecular weight is 468 g/mol. The minimum absolute atomic E-state index is 0.0269. The fourth-order valence-electron chi connectivity index (χ4n) is 4.93. The lowest BCUT2D eigenvalue weighted by Crippen LogP contribution is -2.87. The van der Waals surface area contributed by atoms with E-state index in [-0.39, 0.29) is 10.9 Å². The van der Waals surface area contributed by atoms with Crippen LogP contribution in [0, 0.1) is 5.41 Å². The maximum Gasteiger partial charge on any atom is 0.330 e. The Morgan fingerprint density at radius 2 is 1.61 bits per heavy atom. The zero-order chi connectivity index (χ0) is 24.7. The van der Waals surface area contributed by atoms with E-state index in [1.165, 1.54) is 0 Å². The number of benzene rings is 2. The number of aliphatic carboxylic acids is 1. The van der Waals surface area contributed by atoms with Gasteiger partial charge in [0.1, 0.15) is 5.75 Å². The third-order valence-electron chi connectivity index (χ3n) is 8.09. The molecule has 0 spiro atoms. The minimum Gasteiger partial charge on any atom is -0.497 e. The number of ether oxygens (including phenoxy) is 1. The number of carbonyl (C=O) groups is 2. The zero-order valence-electron chi connectivity index (χ0n) is 20.9. The van der Waals surface area contributed by atoms with Gasteiger partial charge in [0, 0.05) is 6.42 Å². The van der Waals surface area contributed by atoms with E-state index in [1.54, 1.807) is 7.11 Å². The van der Waals surface area contributed by atoms with E-state index in [1.807, 2.05) is 66.1 Å². The number of rotatable bonds is 8. The highest BCUT2D eigenvalue weighted by atomic mass is 28.3. The van der Waals surface area contributed by atoms with E-state index < -0.39 is 25.2 Å². The summed E-state index contributed by atoms with van der Waals surface area (Å²) in [4.78, 5) is 27.0. The second-order valence-corrected chi connectivity index (χ2v) is 16.0. The number of carbonyl (C=O) groups excluding carboxylic acids is 1. The monoisotopic (exact) mass is 467 g/mol. The molecule has 0 unspecified atom stereocenters. The first-order valence-corrected chi connectivity index (χ1v) is 14.5. The Hall–Kier alpha value is -2.60. The molecule has 2 aromatic carbocycles. The van der Waals surface area contributed by atoms with Crippen LogP contribution in [0.2, 0.25) is 18.1 Å². The molecule has 5 nitrogen and oxygen atoms in total. The molecule has 2 aromatic rings. The summed E-state index contributed by atoms with van der Waals surface area (Å²) < 4.78 is 7.05. The third-order valence-corrected chi connectivity index (χ3v) is 13.5. The van der Waals surface area contributed by atoms with Crippen LogP contribution in [-0.2, 0) is 22.4 Å². The molecule has 1 saturated heterocycles. The first kappa shape index (κ1) is 25.0. The van der Waals surface area contributed by atoms with Gasteiger partial charge in [-0.1, -0.05) is 76.3 Å². The van der Waals surface area contributed by atoms with Crippen LogP contribution in [0.3, 0.4) is 0 Å². The lowest BCUT2D eigenvalue weighted by molar-refractivity contribution is -0.194. The van der Waals surface area contributed by atoms with Gasteiger partial charge in [-0.15, -0.1) is 0 Å². The summed E-state index contributed by atoms with van der Waals surface area (Å²) >= 11 is 0. The molecule has 6 heteroatoms. The highest BCUT2D eigenvalue weighted by molar-refractivity contribution is 6.80. The van der Waals surface area contributed by atoms with Crippen molar-refractivity contribution in [2.45, 2.75) is 70.6 Å². The molecule has 1 fully saturated rings. The Morgan fingerprint density at radius 1 is 1.03 bits per heavy atom. The molecule has 1 amide bonds. The number of nitrogens with zero attached hydrogens (tertiary/aromatic N) is 1. The van der Waals surface area contributed by atoms with Crippen molar-refractivity contribution >= 4 is 20.1 Å². The first-order chi connectivity index (χ1) is 15.3. The molecular formula is C27H37NO4Si. The van der Waals surface area contributed by atoms with E-state index in [0.717, 1.165) is 16.9 Å². The number of carboxylic acids is 1. The van der Waals surface area contributed by atoms with Crippen molar-refractivity contribution < 1.29 is 19.4 Å². The maximum absolute atomic E-state index is 13.9. The van der Waals surface area contributed by atoms with Gasteiger partial charge in [-0.25, -0.2) is 4.79 Å². The van der Waals surface area contributed by atoms with Crippen molar-refractivity contribution in [3.63, 3.8) is 0 Å². The quantitative estimate of drug-likeness (QED) is 0.408. The largest absolute Gasteiger partial charge is 0.497 e. The van der Waals surface area contributed by atoms with Crippen LogP contribution in [-0.4, -0.2) is 42.4 Å². The molecule has 0 saturated carbocycles. The molecule has 0 aromatic heterocycles. The predicted molar refractivity (Wildman–Crippen MR) is 134 cm³/mol. The molecule has 1 aliphatic rings. The molecule has 0 bridgehead atoms. The van der Waals surface area contributed by atoms with Gasteiger partial charge in [-0.2, -0.15) is 0 Å². The van der Waals surface area contributed by atoms with Crippen molar-refractivity contribution in [3.05, 3.63) is 65.7 Å². The smallest absolute Gasteiger partial charge is 0.330 e. The van der Waals surface area contributed by atoms with E-state index in [0.29, 0.717) is 19.3 Å². The first-order valence-electron chi connectivity index (χ1n) is 11.6. The van der Waals surface area contributed by atoms with Gasteiger partial charge in [-0.3, -0.25) is 4.79 Å². The minimum atomic E-state index is -2.46. The van der Waals surface area contributed by atoms with Crippen LogP contribution in [0.25, 0.3) is 0 Å². The van der Waals surface area contributed by atoms with Gasteiger partial charge in [0.2, 0.25) is 5.91 Å². The molecule has 1 N–H and O–H groups in total. The second-order valence-electron chi connectivity index (χ2n) is 11.0. The highest BCUT2D eigenvalue weighted by Crippen LogP contribution is 2.58. The van der Waals surface area contributed by atoms with Gasteiger partial charge in [0.05, 0.1) is 12.5 Å². The number of β-lactam (4-membered cyclic amide) rings is 1. The normalized spacial score (nSPS) is 23.2. The third kappa shape index (κ3) is 3.99. The topological polar surface area (TPSA) is 66.8 Å². The van der Waals surface area contributed by atoms with Crippen LogP contribution in [0.4, 0.5) is 0 Å². The Kier molecular flexibility index (Phi) is 6.55. The summed E-state index contributed by atoms with van der Waals surface area (Å²) in [6, 6.07) is 17.5. The average Bonchev–Trinajstić information content (AvgIpc) is 2.76. The lowest BCUT2D eigenvalue weighted by Gasteiger charge is -2.68. The van der Waals surface area contributed by atoms with Gasteiger partial charge >= 0.3 is 5.97 Å². The van der Waals surface area contributed by atoms with Crippen molar-refractivity contribution in [2.75, 3.05) is 7.11 Å². The maximum atomic E-state index is 13.9. The molecule has 33 heavy (non-hydrogen) atoms. The molecular weight excluding hydrogens is 430 g/mol. The molecule has 1 aliphatic heterocycles. The molecule has 3 rings (SSSR count). The molecule has 0 aliphatic carbocycles. The fraction of sp³-hybridized carbons (Fsp3) is 0.481. The number of hydrogen-bond acceptors (Lipinski definition) is 3. The Labute approximate surface area is 198 Å². The summed E-state index contributed by atoms with van der Waals surface area (Å²) in [7, 11) is -0.831. The summed E-state index contributed by atoms with van der Waals surface area (Å²) in [6.45, 7) is 12.5. The zero-order valence-corrected chi connectivity index (χ0v) is 21.9. The summed E-state index contributed by atoms with van der Waals surface area (Å²) in [5.41, 5.74) is -0.272.